The van der Waals surface area contributed by atoms with Crippen molar-refractivity contribution in [2.24, 2.45) is 5.73 Å². The number of aromatic nitrogens is 3. The minimum absolute atomic E-state index is 0.299. The topological polar surface area (TPSA) is 59.5 Å². The summed E-state index contributed by atoms with van der Waals surface area (Å²) in [6.45, 7) is 1.82. The molecule has 5 heteroatoms. The van der Waals surface area contributed by atoms with Crippen LogP contribution >= 0.6 is 0 Å². The van der Waals surface area contributed by atoms with Crippen molar-refractivity contribution in [1.29, 1.82) is 0 Å². The van der Waals surface area contributed by atoms with Gasteiger partial charge in [-0.2, -0.15) is 5.10 Å². The lowest BCUT2D eigenvalue weighted by Crippen LogP contribution is -2.56. The van der Waals surface area contributed by atoms with Crippen molar-refractivity contribution in [2.45, 2.75) is 25.3 Å². The summed E-state index contributed by atoms with van der Waals surface area (Å²) in [6, 6.07) is 0.299. The van der Waals surface area contributed by atoms with Gasteiger partial charge in [-0.25, -0.2) is 9.50 Å². The zero-order chi connectivity index (χ0) is 11.4. The molecule has 88 valence electrons. The first-order valence-corrected chi connectivity index (χ1v) is 6.18. The second-order valence-electron chi connectivity index (χ2n) is 4.99. The van der Waals surface area contributed by atoms with Gasteiger partial charge in [-0.3, -0.25) is 0 Å². The number of hydrogen-bond acceptors (Lipinski definition) is 4. The summed E-state index contributed by atoms with van der Waals surface area (Å²) in [4.78, 5) is 6.77. The van der Waals surface area contributed by atoms with Gasteiger partial charge in [0.2, 0.25) is 0 Å². The monoisotopic (exact) mass is 229 g/mol. The molecule has 2 N–H and O–H groups in total. The van der Waals surface area contributed by atoms with Crippen LogP contribution in [0.1, 0.15) is 17.7 Å². The van der Waals surface area contributed by atoms with Crippen molar-refractivity contribution in [3.05, 3.63) is 23.7 Å². The van der Waals surface area contributed by atoms with Crippen LogP contribution in [0, 0.1) is 0 Å². The quantitative estimate of drug-likeness (QED) is 0.767. The smallest absolute Gasteiger partial charge is 0.155 e. The molecule has 1 aliphatic carbocycles. The molecule has 0 saturated carbocycles. The number of nitrogens with two attached hydrogens (primary N) is 1. The van der Waals surface area contributed by atoms with Crippen LogP contribution in [0.25, 0.3) is 5.52 Å². The van der Waals surface area contributed by atoms with Gasteiger partial charge in [0.25, 0.3) is 0 Å². The first-order chi connectivity index (χ1) is 8.33. The Morgan fingerprint density at radius 1 is 1.29 bits per heavy atom. The third-order valence-corrected chi connectivity index (χ3v) is 3.76. The molecule has 2 aromatic heterocycles. The Morgan fingerprint density at radius 2 is 2.18 bits per heavy atom. The second-order valence-corrected chi connectivity index (χ2v) is 4.99. The van der Waals surface area contributed by atoms with Crippen molar-refractivity contribution in [3.8, 4) is 0 Å². The molecule has 1 saturated heterocycles. The lowest BCUT2D eigenvalue weighted by Gasteiger charge is -2.38. The third kappa shape index (κ3) is 1.23. The van der Waals surface area contributed by atoms with E-state index in [4.69, 9.17) is 5.73 Å². The average Bonchev–Trinajstić information content (AvgIpc) is 2.83. The first-order valence-electron chi connectivity index (χ1n) is 6.18. The molecular weight excluding hydrogens is 214 g/mol. The first kappa shape index (κ1) is 9.41. The van der Waals surface area contributed by atoms with Crippen LogP contribution in [0.3, 0.4) is 0 Å². The molecule has 3 heterocycles. The predicted octanol–water partition coefficient (Wildman–Crippen LogP) is 0.365. The van der Waals surface area contributed by atoms with Crippen LogP contribution in [0.4, 0.5) is 5.82 Å². The summed E-state index contributed by atoms with van der Waals surface area (Å²) >= 11 is 0. The van der Waals surface area contributed by atoms with Gasteiger partial charge in [0, 0.05) is 37.1 Å². The van der Waals surface area contributed by atoms with E-state index < -0.39 is 0 Å². The maximum absolute atomic E-state index is 5.85. The fraction of sp³-hybridized carbons (Fsp3) is 0.500. The van der Waals surface area contributed by atoms with Crippen LogP contribution in [-0.2, 0) is 12.8 Å². The molecule has 5 nitrogen and oxygen atoms in total. The van der Waals surface area contributed by atoms with Crippen molar-refractivity contribution < 1.29 is 0 Å². The molecule has 1 fully saturated rings. The molecule has 0 aromatic carbocycles. The molecule has 1 aliphatic heterocycles. The Bertz CT molecular complexity index is 582. The maximum atomic E-state index is 5.85. The third-order valence-electron chi connectivity index (χ3n) is 3.76. The summed E-state index contributed by atoms with van der Waals surface area (Å²) in [5, 5.41) is 4.63. The molecule has 0 bridgehead atoms. The van der Waals surface area contributed by atoms with E-state index in [0.29, 0.717) is 6.04 Å². The van der Waals surface area contributed by atoms with Gasteiger partial charge in [-0.05, 0) is 19.3 Å². The highest BCUT2D eigenvalue weighted by Crippen LogP contribution is 2.32. The number of aryl methyl sites for hydroxylation is 2. The zero-order valence-electron chi connectivity index (χ0n) is 9.63. The molecule has 0 spiro atoms. The lowest BCUT2D eigenvalue weighted by atomic mass is 10.1. The van der Waals surface area contributed by atoms with Crippen molar-refractivity contribution >= 4 is 11.3 Å². The van der Waals surface area contributed by atoms with Crippen molar-refractivity contribution in [3.63, 3.8) is 0 Å². The van der Waals surface area contributed by atoms with E-state index in [1.165, 1.54) is 23.2 Å². The van der Waals surface area contributed by atoms with Crippen LogP contribution in [0.5, 0.6) is 0 Å². The number of hydrogen-bond donors (Lipinski definition) is 1. The Labute approximate surface area is 99.2 Å². The Balaban J connectivity index is 1.91. The van der Waals surface area contributed by atoms with Gasteiger partial charge in [0.05, 0.1) is 5.69 Å². The highest BCUT2D eigenvalue weighted by Gasteiger charge is 2.29. The van der Waals surface area contributed by atoms with E-state index in [2.05, 4.69) is 15.0 Å². The van der Waals surface area contributed by atoms with Crippen LogP contribution in [0.15, 0.2) is 12.4 Å². The van der Waals surface area contributed by atoms with E-state index in [1.54, 1.807) is 0 Å². The minimum atomic E-state index is 0.299. The molecule has 0 radical (unpaired) electrons. The standard InChI is InChI=1S/C12H15N5/c13-8-6-16(7-8)12-11-9-2-1-3-10(9)15-17(11)5-4-14-12/h4-5,8H,1-3,6-7,13H2. The van der Waals surface area contributed by atoms with E-state index in [9.17, 15) is 0 Å². The summed E-state index contributed by atoms with van der Waals surface area (Å²) in [5.74, 6) is 1.06. The Hall–Kier alpha value is -1.62. The molecule has 0 unspecified atom stereocenters. The second kappa shape index (κ2) is 3.20. The Kier molecular flexibility index (Phi) is 1.77. The van der Waals surface area contributed by atoms with Gasteiger partial charge in [-0.1, -0.05) is 0 Å². The largest absolute Gasteiger partial charge is 0.352 e. The molecular formula is C12H15N5. The van der Waals surface area contributed by atoms with Gasteiger partial charge >= 0.3 is 0 Å². The van der Waals surface area contributed by atoms with Crippen LogP contribution in [0.2, 0.25) is 0 Å². The fourth-order valence-electron chi connectivity index (χ4n) is 2.90. The highest BCUT2D eigenvalue weighted by atomic mass is 15.3. The number of anilines is 1. The van der Waals surface area contributed by atoms with Gasteiger partial charge < -0.3 is 10.6 Å². The predicted molar refractivity (Wildman–Crippen MR) is 65.2 cm³/mol. The molecule has 0 atom stereocenters. The minimum Gasteiger partial charge on any atom is -0.352 e. The molecule has 17 heavy (non-hydrogen) atoms. The summed E-state index contributed by atoms with van der Waals surface area (Å²) in [7, 11) is 0. The van der Waals surface area contributed by atoms with Crippen LogP contribution in [-0.4, -0.2) is 33.7 Å². The summed E-state index contributed by atoms with van der Waals surface area (Å²) in [6.07, 6.45) is 7.24. The van der Waals surface area contributed by atoms with E-state index in [-0.39, 0.29) is 0 Å². The van der Waals surface area contributed by atoms with E-state index in [1.807, 2.05) is 16.9 Å². The maximum Gasteiger partial charge on any atom is 0.155 e. The van der Waals surface area contributed by atoms with Crippen LogP contribution < -0.4 is 10.6 Å². The van der Waals surface area contributed by atoms with Gasteiger partial charge in [0.1, 0.15) is 5.52 Å². The molecule has 4 rings (SSSR count). The van der Waals surface area contributed by atoms with Crippen molar-refractivity contribution in [1.82, 2.24) is 14.6 Å². The lowest BCUT2D eigenvalue weighted by molar-refractivity contribution is 0.515. The number of rotatable bonds is 1. The zero-order valence-corrected chi connectivity index (χ0v) is 9.63. The Morgan fingerprint density at radius 3 is 3.00 bits per heavy atom. The SMILES string of the molecule is NC1CN(c2nccn3nc4c(c23)CCC4)C1. The molecule has 2 aromatic rings. The van der Waals surface area contributed by atoms with E-state index >= 15 is 0 Å². The van der Waals surface area contributed by atoms with Gasteiger partial charge in [0.15, 0.2) is 5.82 Å². The number of fused-ring (bicyclic) bond motifs is 3. The molecule has 2 aliphatic rings. The normalized spacial score (nSPS) is 19.7. The molecule has 0 amide bonds. The average molecular weight is 229 g/mol. The highest BCUT2D eigenvalue weighted by molar-refractivity contribution is 5.75. The fourth-order valence-corrected chi connectivity index (χ4v) is 2.90. The van der Waals surface area contributed by atoms with E-state index in [0.717, 1.165) is 31.7 Å². The summed E-state index contributed by atoms with van der Waals surface area (Å²) < 4.78 is 1.98. The number of nitrogens with zero attached hydrogens (tertiary/aromatic N) is 4. The van der Waals surface area contributed by atoms with Gasteiger partial charge in [-0.15, -0.1) is 0 Å². The summed E-state index contributed by atoms with van der Waals surface area (Å²) in [5.41, 5.74) is 9.70. The van der Waals surface area contributed by atoms with Crippen molar-refractivity contribution in [2.75, 3.05) is 18.0 Å².